The molecule has 0 saturated heterocycles. The molecule has 0 spiro atoms. The first kappa shape index (κ1) is 13.2. The number of anilines is 2. The van der Waals surface area contributed by atoms with Crippen LogP contribution in [-0.4, -0.2) is 23.0 Å². The van der Waals surface area contributed by atoms with E-state index in [4.69, 9.17) is 10.8 Å². The number of carboxylic acid groups (broad SMARTS) is 1. The van der Waals surface area contributed by atoms with Crippen molar-refractivity contribution >= 4 is 29.3 Å². The van der Waals surface area contributed by atoms with Gasteiger partial charge in [-0.25, -0.2) is 9.59 Å². The molecule has 0 fully saturated rings. The van der Waals surface area contributed by atoms with E-state index in [0.29, 0.717) is 11.4 Å². The van der Waals surface area contributed by atoms with Gasteiger partial charge in [0.2, 0.25) is 5.91 Å². The predicted molar refractivity (Wildman–Crippen MR) is 65.1 cm³/mol. The lowest BCUT2D eigenvalue weighted by Crippen LogP contribution is -2.19. The van der Waals surface area contributed by atoms with E-state index in [2.05, 4.69) is 10.6 Å². The predicted octanol–water partition coefficient (Wildman–Crippen LogP) is 0.756. The molecule has 1 rings (SSSR count). The summed E-state index contributed by atoms with van der Waals surface area (Å²) in [6.07, 6.45) is 1.61. The van der Waals surface area contributed by atoms with Crippen LogP contribution in [0.1, 0.15) is 0 Å². The minimum atomic E-state index is -1.21. The third kappa shape index (κ3) is 4.79. The molecule has 0 aliphatic heterocycles. The van der Waals surface area contributed by atoms with Crippen molar-refractivity contribution in [2.75, 3.05) is 10.6 Å². The first-order chi connectivity index (χ1) is 8.47. The molecule has 5 N–H and O–H groups in total. The molecule has 3 amide bonds. The third-order valence-corrected chi connectivity index (χ3v) is 1.77. The fourth-order valence-corrected chi connectivity index (χ4v) is 1.15. The number of nitrogens with one attached hydrogen (secondary N) is 2. The van der Waals surface area contributed by atoms with Gasteiger partial charge in [0.25, 0.3) is 0 Å². The molecular weight excluding hydrogens is 238 g/mol. The van der Waals surface area contributed by atoms with Crippen LogP contribution in [0.25, 0.3) is 0 Å². The minimum absolute atomic E-state index is 0.404. The Bertz CT molecular complexity index is 511. The number of hydrogen-bond donors (Lipinski definition) is 4. The second kappa shape index (κ2) is 6.04. The van der Waals surface area contributed by atoms with Crippen LogP contribution in [0.3, 0.4) is 0 Å². The smallest absolute Gasteiger partial charge is 0.328 e. The maximum absolute atomic E-state index is 11.3. The molecule has 0 unspecified atom stereocenters. The Morgan fingerprint density at radius 2 is 1.72 bits per heavy atom. The number of carbonyl (C=O) groups excluding carboxylic acids is 2. The van der Waals surface area contributed by atoms with Crippen LogP contribution < -0.4 is 16.4 Å². The summed E-state index contributed by atoms with van der Waals surface area (Å²) in [6.45, 7) is 0. The van der Waals surface area contributed by atoms with Crippen molar-refractivity contribution < 1.29 is 19.5 Å². The number of carbonyl (C=O) groups is 3. The van der Waals surface area contributed by atoms with Gasteiger partial charge in [0.1, 0.15) is 0 Å². The summed E-state index contributed by atoms with van der Waals surface area (Å²) in [6, 6.07) is 5.54. The molecule has 0 aliphatic carbocycles. The minimum Gasteiger partial charge on any atom is -0.478 e. The zero-order valence-corrected chi connectivity index (χ0v) is 9.21. The fourth-order valence-electron chi connectivity index (χ4n) is 1.15. The highest BCUT2D eigenvalue weighted by Gasteiger charge is 2.01. The van der Waals surface area contributed by atoms with E-state index >= 15 is 0 Å². The van der Waals surface area contributed by atoms with E-state index in [1.54, 1.807) is 18.2 Å². The Labute approximate surface area is 102 Å². The third-order valence-electron chi connectivity index (χ3n) is 1.77. The highest BCUT2D eigenvalue weighted by atomic mass is 16.4. The molecule has 94 valence electrons. The zero-order chi connectivity index (χ0) is 13.5. The van der Waals surface area contributed by atoms with Gasteiger partial charge >= 0.3 is 12.0 Å². The number of amides is 3. The molecule has 0 saturated carbocycles. The lowest BCUT2D eigenvalue weighted by atomic mass is 10.2. The number of hydrogen-bond acceptors (Lipinski definition) is 3. The summed E-state index contributed by atoms with van der Waals surface area (Å²) < 4.78 is 0. The SMILES string of the molecule is NC(=O)Nc1cccc(NC(=O)/C=C/C(=O)O)c1. The molecule has 0 aromatic heterocycles. The van der Waals surface area contributed by atoms with Gasteiger partial charge < -0.3 is 21.5 Å². The monoisotopic (exact) mass is 249 g/mol. The summed E-state index contributed by atoms with van der Waals surface area (Å²) in [5.41, 5.74) is 5.77. The molecule has 0 aliphatic rings. The van der Waals surface area contributed by atoms with Gasteiger partial charge in [0, 0.05) is 23.5 Å². The maximum atomic E-state index is 11.3. The second-order valence-corrected chi connectivity index (χ2v) is 3.23. The summed E-state index contributed by atoms with van der Waals surface area (Å²) in [5.74, 6) is -1.80. The van der Waals surface area contributed by atoms with E-state index < -0.39 is 17.9 Å². The van der Waals surface area contributed by atoms with E-state index in [-0.39, 0.29) is 0 Å². The lowest BCUT2D eigenvalue weighted by molar-refractivity contribution is -0.131. The van der Waals surface area contributed by atoms with Crippen molar-refractivity contribution in [1.29, 1.82) is 0 Å². The van der Waals surface area contributed by atoms with E-state index in [9.17, 15) is 14.4 Å². The van der Waals surface area contributed by atoms with Crippen LogP contribution in [0.4, 0.5) is 16.2 Å². The topological polar surface area (TPSA) is 122 Å². The quantitative estimate of drug-likeness (QED) is 0.588. The van der Waals surface area contributed by atoms with Crippen molar-refractivity contribution in [2.24, 2.45) is 5.73 Å². The highest BCUT2D eigenvalue weighted by molar-refractivity contribution is 6.02. The average Bonchev–Trinajstić information content (AvgIpc) is 2.26. The first-order valence-electron chi connectivity index (χ1n) is 4.86. The lowest BCUT2D eigenvalue weighted by Gasteiger charge is -2.05. The second-order valence-electron chi connectivity index (χ2n) is 3.23. The van der Waals surface area contributed by atoms with Crippen molar-refractivity contribution in [3.8, 4) is 0 Å². The number of primary amides is 1. The zero-order valence-electron chi connectivity index (χ0n) is 9.21. The Hall–Kier alpha value is -2.83. The molecule has 0 radical (unpaired) electrons. The largest absolute Gasteiger partial charge is 0.478 e. The molecule has 1 aromatic carbocycles. The molecular formula is C11H11N3O4. The summed E-state index contributed by atoms with van der Waals surface area (Å²) in [5, 5.41) is 13.1. The van der Waals surface area contributed by atoms with E-state index in [0.717, 1.165) is 12.2 Å². The van der Waals surface area contributed by atoms with Gasteiger partial charge in [-0.15, -0.1) is 0 Å². The summed E-state index contributed by atoms with van der Waals surface area (Å²) in [7, 11) is 0. The molecule has 0 heterocycles. The average molecular weight is 249 g/mol. The Balaban J connectivity index is 2.70. The van der Waals surface area contributed by atoms with Crippen LogP contribution >= 0.6 is 0 Å². The molecule has 1 aromatic rings. The van der Waals surface area contributed by atoms with E-state index in [1.807, 2.05) is 0 Å². The van der Waals surface area contributed by atoms with Crippen molar-refractivity contribution in [2.45, 2.75) is 0 Å². The van der Waals surface area contributed by atoms with E-state index in [1.165, 1.54) is 6.07 Å². The number of rotatable bonds is 4. The van der Waals surface area contributed by atoms with Crippen LogP contribution in [0.15, 0.2) is 36.4 Å². The number of benzene rings is 1. The summed E-state index contributed by atoms with van der Waals surface area (Å²) in [4.78, 5) is 32.1. The Morgan fingerprint density at radius 3 is 2.28 bits per heavy atom. The van der Waals surface area contributed by atoms with Crippen molar-refractivity contribution in [3.63, 3.8) is 0 Å². The molecule has 0 bridgehead atoms. The summed E-state index contributed by atoms with van der Waals surface area (Å²) >= 11 is 0. The van der Waals surface area contributed by atoms with Gasteiger partial charge in [-0.05, 0) is 18.2 Å². The maximum Gasteiger partial charge on any atom is 0.328 e. The number of nitrogens with two attached hydrogens (primary N) is 1. The van der Waals surface area contributed by atoms with Crippen molar-refractivity contribution in [3.05, 3.63) is 36.4 Å². The van der Waals surface area contributed by atoms with Crippen LogP contribution in [-0.2, 0) is 9.59 Å². The number of carboxylic acids is 1. The van der Waals surface area contributed by atoms with Gasteiger partial charge in [0.05, 0.1) is 0 Å². The number of aliphatic carboxylic acids is 1. The van der Waals surface area contributed by atoms with Gasteiger partial charge in [-0.3, -0.25) is 4.79 Å². The van der Waals surface area contributed by atoms with Gasteiger partial charge in [0.15, 0.2) is 0 Å². The molecule has 0 atom stereocenters. The Kier molecular flexibility index (Phi) is 4.44. The molecule has 7 heteroatoms. The van der Waals surface area contributed by atoms with Crippen LogP contribution in [0.5, 0.6) is 0 Å². The van der Waals surface area contributed by atoms with Crippen LogP contribution in [0, 0.1) is 0 Å². The van der Waals surface area contributed by atoms with Gasteiger partial charge in [-0.2, -0.15) is 0 Å². The number of urea groups is 1. The molecule has 18 heavy (non-hydrogen) atoms. The standard InChI is InChI=1S/C11H11N3O4/c12-11(18)14-8-3-1-2-7(6-8)13-9(15)4-5-10(16)17/h1-6H,(H,13,15)(H,16,17)(H3,12,14,18)/b5-4+. The highest BCUT2D eigenvalue weighted by Crippen LogP contribution is 2.14. The fraction of sp³-hybridized carbons (Fsp3) is 0. The normalized spacial score (nSPS) is 10.0. The van der Waals surface area contributed by atoms with Gasteiger partial charge in [-0.1, -0.05) is 6.07 Å². The first-order valence-corrected chi connectivity index (χ1v) is 4.86. The Morgan fingerprint density at radius 1 is 1.11 bits per heavy atom. The molecule has 7 nitrogen and oxygen atoms in total. The van der Waals surface area contributed by atoms with Crippen molar-refractivity contribution in [1.82, 2.24) is 0 Å². The van der Waals surface area contributed by atoms with Crippen LogP contribution in [0.2, 0.25) is 0 Å².